The maximum Gasteiger partial charge on any atom is 0.282 e. The molecule has 1 amide bonds. The van der Waals surface area contributed by atoms with Crippen molar-refractivity contribution in [3.05, 3.63) is 9.47 Å². The zero-order chi connectivity index (χ0) is 13.1. The zero-order valence-electron chi connectivity index (χ0n) is 10.4. The van der Waals surface area contributed by atoms with Gasteiger partial charge in [-0.3, -0.25) is 9.69 Å². The molecule has 0 aromatic carbocycles. The lowest BCUT2D eigenvalue weighted by Gasteiger charge is -2.37. The summed E-state index contributed by atoms with van der Waals surface area (Å²) < 4.78 is 0.287. The Bertz CT molecular complexity index is 426. The van der Waals surface area contributed by atoms with Gasteiger partial charge in [-0.25, -0.2) is 0 Å². The summed E-state index contributed by atoms with van der Waals surface area (Å²) in [7, 11) is 4.16. The maximum absolute atomic E-state index is 11.8. The number of piperazine rings is 1. The van der Waals surface area contributed by atoms with Crippen molar-refractivity contribution in [3.8, 4) is 0 Å². The molecule has 1 fully saturated rings. The molecule has 100 valence electrons. The maximum atomic E-state index is 11.8. The number of hydrogen-bond acceptors (Lipinski definition) is 6. The van der Waals surface area contributed by atoms with Crippen LogP contribution in [0.5, 0.6) is 0 Å². The van der Waals surface area contributed by atoms with Crippen molar-refractivity contribution < 1.29 is 4.79 Å². The number of nitrogens with one attached hydrogen (secondary N) is 1. The fraction of sp³-hybridized carbons (Fsp3) is 0.700. The molecule has 1 atom stereocenters. The smallest absolute Gasteiger partial charge is 0.282 e. The normalized spacial score (nSPS) is 22.1. The van der Waals surface area contributed by atoms with E-state index in [1.807, 2.05) is 0 Å². The number of rotatable bonds is 3. The second kappa shape index (κ2) is 5.92. The molecule has 1 aromatic rings. The summed E-state index contributed by atoms with van der Waals surface area (Å²) in [6.07, 6.45) is 0. The van der Waals surface area contributed by atoms with Gasteiger partial charge < -0.3 is 10.2 Å². The van der Waals surface area contributed by atoms with Crippen LogP contribution < -0.4 is 5.32 Å². The van der Waals surface area contributed by atoms with Crippen molar-refractivity contribution in [3.63, 3.8) is 0 Å². The second-order valence-electron chi connectivity index (χ2n) is 4.47. The number of carbonyl (C=O) groups excluding carboxylic acids is 1. The minimum atomic E-state index is -0.207. The van der Waals surface area contributed by atoms with Gasteiger partial charge in [0.2, 0.25) is 9.47 Å². The van der Waals surface area contributed by atoms with Gasteiger partial charge in [0, 0.05) is 32.2 Å². The van der Waals surface area contributed by atoms with E-state index in [9.17, 15) is 4.79 Å². The Morgan fingerprint density at radius 2 is 2.28 bits per heavy atom. The van der Waals surface area contributed by atoms with Crippen molar-refractivity contribution in [1.29, 1.82) is 0 Å². The molecule has 1 unspecified atom stereocenters. The number of amides is 1. The highest BCUT2D eigenvalue weighted by atomic mass is 35.5. The third kappa shape index (κ3) is 3.38. The van der Waals surface area contributed by atoms with E-state index in [1.165, 1.54) is 0 Å². The highest BCUT2D eigenvalue weighted by Gasteiger charge is 2.23. The number of likely N-dealkylation sites (N-methyl/N-ethyl adjacent to an activating group) is 2. The summed E-state index contributed by atoms with van der Waals surface area (Å²) in [5, 5.41) is 10.5. The molecule has 1 aromatic heterocycles. The Morgan fingerprint density at radius 3 is 2.94 bits per heavy atom. The van der Waals surface area contributed by atoms with Crippen molar-refractivity contribution in [2.45, 2.75) is 6.04 Å². The Balaban J connectivity index is 1.85. The van der Waals surface area contributed by atoms with Crippen LogP contribution in [0.25, 0.3) is 0 Å². The van der Waals surface area contributed by atoms with Crippen molar-refractivity contribution >= 4 is 28.8 Å². The standard InChI is InChI=1S/C10H16ClN5OS/c1-15-3-4-16(2)7(6-15)5-12-8(17)9-13-14-10(11)18-9/h7H,3-6H2,1-2H3,(H,12,17). The Morgan fingerprint density at radius 1 is 1.50 bits per heavy atom. The summed E-state index contributed by atoms with van der Waals surface area (Å²) in [5.41, 5.74) is 0. The van der Waals surface area contributed by atoms with Gasteiger partial charge in [0.05, 0.1) is 0 Å². The van der Waals surface area contributed by atoms with Gasteiger partial charge in [-0.1, -0.05) is 11.3 Å². The highest BCUT2D eigenvalue weighted by Crippen LogP contribution is 2.14. The van der Waals surface area contributed by atoms with Crippen molar-refractivity contribution in [2.24, 2.45) is 0 Å². The molecule has 6 nitrogen and oxygen atoms in total. The summed E-state index contributed by atoms with van der Waals surface area (Å²) in [5.74, 6) is -0.207. The molecule has 2 heterocycles. The van der Waals surface area contributed by atoms with Crippen LogP contribution in [0.2, 0.25) is 4.47 Å². The average Bonchev–Trinajstić information content (AvgIpc) is 2.77. The third-order valence-electron chi connectivity index (χ3n) is 3.07. The first-order valence-corrected chi connectivity index (χ1v) is 6.91. The zero-order valence-corrected chi connectivity index (χ0v) is 12.0. The van der Waals surface area contributed by atoms with E-state index in [0.29, 0.717) is 17.6 Å². The number of carbonyl (C=O) groups is 1. The molecule has 2 rings (SSSR count). The van der Waals surface area contributed by atoms with E-state index in [-0.39, 0.29) is 10.4 Å². The molecule has 0 aliphatic carbocycles. The fourth-order valence-corrected chi connectivity index (χ4v) is 2.65. The van der Waals surface area contributed by atoms with Crippen LogP contribution in [0.1, 0.15) is 9.80 Å². The monoisotopic (exact) mass is 289 g/mol. The first-order chi connectivity index (χ1) is 8.56. The molecule has 8 heteroatoms. The van der Waals surface area contributed by atoms with Gasteiger partial charge in [0.1, 0.15) is 0 Å². The van der Waals surface area contributed by atoms with Gasteiger partial charge in [-0.05, 0) is 25.7 Å². The predicted molar refractivity (Wildman–Crippen MR) is 71.2 cm³/mol. The van der Waals surface area contributed by atoms with Gasteiger partial charge in [0.25, 0.3) is 5.91 Å². The van der Waals surface area contributed by atoms with Crippen molar-refractivity contribution in [1.82, 2.24) is 25.3 Å². The van der Waals surface area contributed by atoms with Crippen LogP contribution in [-0.2, 0) is 0 Å². The van der Waals surface area contributed by atoms with E-state index >= 15 is 0 Å². The molecular formula is C10H16ClN5OS. The third-order valence-corrected chi connectivity index (χ3v) is 4.09. The Hall–Kier alpha value is -0.760. The van der Waals surface area contributed by atoms with Crippen LogP contribution in [0.3, 0.4) is 0 Å². The predicted octanol–water partition coefficient (Wildman–Crippen LogP) is 0.167. The molecule has 1 saturated heterocycles. The molecule has 1 N–H and O–H groups in total. The molecule has 0 saturated carbocycles. The highest BCUT2D eigenvalue weighted by molar-refractivity contribution is 7.17. The fourth-order valence-electron chi connectivity index (χ4n) is 1.91. The van der Waals surface area contributed by atoms with Gasteiger partial charge in [0.15, 0.2) is 0 Å². The molecule has 0 bridgehead atoms. The summed E-state index contributed by atoms with van der Waals surface area (Å²) in [6.45, 7) is 3.64. The van der Waals surface area contributed by atoms with Crippen molar-refractivity contribution in [2.75, 3.05) is 40.3 Å². The summed E-state index contributed by atoms with van der Waals surface area (Å²) in [4.78, 5) is 16.3. The molecule has 1 aliphatic rings. The number of nitrogens with zero attached hydrogens (tertiary/aromatic N) is 4. The molecule has 18 heavy (non-hydrogen) atoms. The largest absolute Gasteiger partial charge is 0.348 e. The minimum absolute atomic E-state index is 0.207. The summed E-state index contributed by atoms with van der Waals surface area (Å²) >= 11 is 6.74. The number of halogens is 1. The van der Waals surface area contributed by atoms with E-state index in [0.717, 1.165) is 31.0 Å². The van der Waals surface area contributed by atoms with Crippen LogP contribution in [0.4, 0.5) is 0 Å². The molecule has 0 radical (unpaired) electrons. The topological polar surface area (TPSA) is 61.4 Å². The van der Waals surface area contributed by atoms with Crippen LogP contribution in [0.15, 0.2) is 0 Å². The lowest BCUT2D eigenvalue weighted by molar-refractivity contribution is 0.0880. The van der Waals surface area contributed by atoms with E-state index < -0.39 is 0 Å². The van der Waals surface area contributed by atoms with Gasteiger partial charge in [-0.15, -0.1) is 10.2 Å². The SMILES string of the molecule is CN1CCN(C)C(CNC(=O)c2nnc(Cl)s2)C1. The first-order valence-electron chi connectivity index (χ1n) is 5.72. The number of hydrogen-bond donors (Lipinski definition) is 1. The van der Waals surface area contributed by atoms with Crippen LogP contribution in [-0.4, -0.2) is 72.2 Å². The van der Waals surface area contributed by atoms with E-state index in [1.54, 1.807) is 0 Å². The quantitative estimate of drug-likeness (QED) is 0.859. The number of aromatic nitrogens is 2. The van der Waals surface area contributed by atoms with E-state index in [2.05, 4.69) is 39.4 Å². The second-order valence-corrected chi connectivity index (χ2v) is 6.03. The molecular weight excluding hydrogens is 274 g/mol. The molecule has 0 spiro atoms. The summed E-state index contributed by atoms with van der Waals surface area (Å²) in [6, 6.07) is 0.330. The Kier molecular flexibility index (Phi) is 4.50. The van der Waals surface area contributed by atoms with Crippen LogP contribution in [0, 0.1) is 0 Å². The average molecular weight is 290 g/mol. The van der Waals surface area contributed by atoms with E-state index in [4.69, 9.17) is 11.6 Å². The lowest BCUT2D eigenvalue weighted by Crippen LogP contribution is -2.54. The van der Waals surface area contributed by atoms with Crippen LogP contribution >= 0.6 is 22.9 Å². The molecule has 1 aliphatic heterocycles. The van der Waals surface area contributed by atoms with Gasteiger partial charge in [-0.2, -0.15) is 0 Å². The lowest BCUT2D eigenvalue weighted by atomic mass is 10.2. The Labute approximate surface area is 115 Å². The minimum Gasteiger partial charge on any atom is -0.348 e. The van der Waals surface area contributed by atoms with Gasteiger partial charge >= 0.3 is 0 Å². The first kappa shape index (κ1) is 13.7.